The Morgan fingerprint density at radius 3 is 2.13 bits per heavy atom. The molecule has 0 saturated carbocycles. The first kappa shape index (κ1) is 16.7. The van der Waals surface area contributed by atoms with Crippen molar-refractivity contribution in [2.75, 3.05) is 31.0 Å². The van der Waals surface area contributed by atoms with Crippen LogP contribution in [0.1, 0.15) is 20.8 Å². The molecule has 1 unspecified atom stereocenters. The monoisotopic (exact) mass is 304 g/mol. The molecule has 0 heterocycles. The van der Waals surface area contributed by atoms with Gasteiger partial charge in [-0.15, -0.1) is 23.5 Å². The second-order valence-electron chi connectivity index (χ2n) is 3.16. The Labute approximate surface area is 112 Å². The molecule has 0 aromatic heterocycles. The highest BCUT2D eigenvalue weighted by molar-refractivity contribution is 8.69. The summed E-state index contributed by atoms with van der Waals surface area (Å²) in [6.45, 7) is 7.18. The molecule has 1 nitrogen and oxygen atoms in total. The summed E-state index contributed by atoms with van der Waals surface area (Å²) >= 11 is 11.3. The SMILES string of the molecule is CCOP(=S)(CC)SCC(C)(SC)SC. The Kier molecular flexibility index (Phi) is 8.76. The molecule has 6 heteroatoms. The molecule has 0 aliphatic rings. The minimum absolute atomic E-state index is 0.265. The van der Waals surface area contributed by atoms with Crippen molar-refractivity contribution in [1.82, 2.24) is 0 Å². The van der Waals surface area contributed by atoms with E-state index in [1.54, 1.807) is 0 Å². The quantitative estimate of drug-likeness (QED) is 0.480. The molecule has 92 valence electrons. The van der Waals surface area contributed by atoms with E-state index in [0.717, 1.165) is 18.5 Å². The molecule has 0 spiro atoms. The average molecular weight is 305 g/mol. The van der Waals surface area contributed by atoms with Crippen molar-refractivity contribution < 1.29 is 4.52 Å². The maximum absolute atomic E-state index is 5.73. The molecule has 0 N–H and O–H groups in total. The van der Waals surface area contributed by atoms with Gasteiger partial charge in [-0.05, 0) is 26.4 Å². The van der Waals surface area contributed by atoms with E-state index < -0.39 is 5.47 Å². The minimum Gasteiger partial charge on any atom is -0.342 e. The van der Waals surface area contributed by atoms with Crippen LogP contribution in [0.3, 0.4) is 0 Å². The largest absolute Gasteiger partial charge is 0.342 e. The van der Waals surface area contributed by atoms with Crippen molar-refractivity contribution in [3.8, 4) is 0 Å². The summed E-state index contributed by atoms with van der Waals surface area (Å²) in [6, 6.07) is 0. The van der Waals surface area contributed by atoms with Crippen LogP contribution in [0.2, 0.25) is 0 Å². The summed E-state index contributed by atoms with van der Waals surface area (Å²) in [5.74, 6) is 1.07. The number of hydrogen-bond acceptors (Lipinski definition) is 5. The van der Waals surface area contributed by atoms with E-state index in [9.17, 15) is 0 Å². The van der Waals surface area contributed by atoms with E-state index >= 15 is 0 Å². The van der Waals surface area contributed by atoms with Crippen LogP contribution in [0.5, 0.6) is 0 Å². The lowest BCUT2D eigenvalue weighted by Crippen LogP contribution is -2.17. The fraction of sp³-hybridized carbons (Fsp3) is 1.00. The molecule has 0 aromatic carbocycles. The Balaban J connectivity index is 4.27. The van der Waals surface area contributed by atoms with Gasteiger partial charge in [0.25, 0.3) is 0 Å². The molecule has 0 fully saturated rings. The van der Waals surface area contributed by atoms with Crippen LogP contribution in [-0.4, -0.2) is 35.1 Å². The van der Waals surface area contributed by atoms with Gasteiger partial charge in [-0.3, -0.25) is 0 Å². The maximum atomic E-state index is 5.73. The summed E-state index contributed by atoms with van der Waals surface area (Å²) < 4.78 is 6.00. The highest BCUT2D eigenvalue weighted by atomic mass is 32.9. The maximum Gasteiger partial charge on any atom is 0.119 e. The standard InChI is InChI=1S/C9H21OPS4/c1-6-10-11(12,7-2)15-8-9(3,13-4)14-5/h6-8H2,1-5H3. The Morgan fingerprint density at radius 1 is 1.27 bits per heavy atom. The van der Waals surface area contributed by atoms with Crippen LogP contribution < -0.4 is 0 Å². The van der Waals surface area contributed by atoms with Gasteiger partial charge in [0.15, 0.2) is 0 Å². The van der Waals surface area contributed by atoms with Crippen molar-refractivity contribution in [1.29, 1.82) is 0 Å². The van der Waals surface area contributed by atoms with Crippen LogP contribution in [0.4, 0.5) is 0 Å². The fourth-order valence-corrected chi connectivity index (χ4v) is 7.83. The van der Waals surface area contributed by atoms with E-state index in [-0.39, 0.29) is 4.08 Å². The minimum atomic E-state index is -1.60. The second-order valence-corrected chi connectivity index (χ2v) is 13.7. The molecule has 0 rings (SSSR count). The summed E-state index contributed by atoms with van der Waals surface area (Å²) in [6.07, 6.45) is 5.31. The summed E-state index contributed by atoms with van der Waals surface area (Å²) in [4.78, 5) is 0. The zero-order valence-electron chi connectivity index (χ0n) is 10.1. The third-order valence-electron chi connectivity index (χ3n) is 2.10. The third kappa shape index (κ3) is 6.23. The van der Waals surface area contributed by atoms with Crippen LogP contribution >= 0.6 is 40.4 Å². The van der Waals surface area contributed by atoms with Crippen molar-refractivity contribution in [2.45, 2.75) is 24.9 Å². The Hall–Kier alpha value is 1.66. The van der Waals surface area contributed by atoms with Crippen LogP contribution in [0, 0.1) is 0 Å². The highest BCUT2D eigenvalue weighted by Crippen LogP contribution is 2.61. The molecule has 0 aliphatic heterocycles. The number of rotatable bonds is 8. The van der Waals surface area contributed by atoms with Crippen LogP contribution in [0.15, 0.2) is 0 Å². The first-order valence-corrected chi connectivity index (χ1v) is 11.9. The molecule has 15 heavy (non-hydrogen) atoms. The van der Waals surface area contributed by atoms with Crippen molar-refractivity contribution in [3.05, 3.63) is 0 Å². The Morgan fingerprint density at radius 2 is 1.80 bits per heavy atom. The van der Waals surface area contributed by atoms with E-state index in [0.29, 0.717) is 0 Å². The lowest BCUT2D eigenvalue weighted by molar-refractivity contribution is 0.385. The van der Waals surface area contributed by atoms with Gasteiger partial charge in [0.05, 0.1) is 4.08 Å². The number of thioether (sulfide) groups is 2. The molecule has 0 amide bonds. The zero-order valence-corrected chi connectivity index (χ0v) is 14.3. The molecule has 0 bridgehead atoms. The fourth-order valence-electron chi connectivity index (χ4n) is 0.833. The van der Waals surface area contributed by atoms with Gasteiger partial charge in [0, 0.05) is 18.5 Å². The predicted octanol–water partition coefficient (Wildman–Crippen LogP) is 4.53. The molecule has 0 aliphatic carbocycles. The lowest BCUT2D eigenvalue weighted by Gasteiger charge is -2.28. The van der Waals surface area contributed by atoms with Gasteiger partial charge in [-0.1, -0.05) is 30.1 Å². The van der Waals surface area contributed by atoms with E-state index in [4.69, 9.17) is 16.3 Å². The van der Waals surface area contributed by atoms with Crippen molar-refractivity contribution in [3.63, 3.8) is 0 Å². The van der Waals surface area contributed by atoms with Crippen molar-refractivity contribution >= 4 is 52.2 Å². The number of hydrogen-bond donors (Lipinski definition) is 0. The van der Waals surface area contributed by atoms with Gasteiger partial charge in [-0.2, -0.15) is 0 Å². The van der Waals surface area contributed by atoms with Gasteiger partial charge in [0.1, 0.15) is 5.47 Å². The molecule has 0 saturated heterocycles. The molecule has 0 aromatic rings. The van der Waals surface area contributed by atoms with Gasteiger partial charge in [0.2, 0.25) is 0 Å². The van der Waals surface area contributed by atoms with Crippen LogP contribution in [0.25, 0.3) is 0 Å². The lowest BCUT2D eigenvalue weighted by atomic mass is 10.5. The molecular formula is C9H21OPS4. The van der Waals surface area contributed by atoms with Crippen molar-refractivity contribution in [2.24, 2.45) is 0 Å². The normalized spacial score (nSPS) is 16.3. The van der Waals surface area contributed by atoms with E-state index in [2.05, 4.69) is 26.4 Å². The molecule has 0 radical (unpaired) electrons. The van der Waals surface area contributed by atoms with Crippen LogP contribution in [-0.2, 0) is 16.3 Å². The van der Waals surface area contributed by atoms with Gasteiger partial charge in [-0.25, -0.2) is 0 Å². The highest BCUT2D eigenvalue weighted by Gasteiger charge is 2.26. The first-order valence-electron chi connectivity index (χ1n) is 4.93. The summed E-state index contributed by atoms with van der Waals surface area (Å²) in [7, 11) is 0. The average Bonchev–Trinajstić information content (AvgIpc) is 2.26. The smallest absolute Gasteiger partial charge is 0.119 e. The predicted molar refractivity (Wildman–Crippen MR) is 84.3 cm³/mol. The molecule has 1 atom stereocenters. The summed E-state index contributed by atoms with van der Waals surface area (Å²) in [5, 5.41) is 0. The van der Waals surface area contributed by atoms with Gasteiger partial charge >= 0.3 is 0 Å². The third-order valence-corrected chi connectivity index (χ3v) is 12.7. The zero-order chi connectivity index (χ0) is 11.9. The summed E-state index contributed by atoms with van der Waals surface area (Å²) in [5.41, 5.74) is -1.60. The van der Waals surface area contributed by atoms with E-state index in [1.165, 1.54) is 0 Å². The second kappa shape index (κ2) is 7.88. The molecular weight excluding hydrogens is 283 g/mol. The Bertz CT molecular complexity index is 218. The topological polar surface area (TPSA) is 9.23 Å². The van der Waals surface area contributed by atoms with Gasteiger partial charge < -0.3 is 4.52 Å². The first-order chi connectivity index (χ1) is 6.95. The van der Waals surface area contributed by atoms with E-state index in [1.807, 2.05) is 41.8 Å².